The lowest BCUT2D eigenvalue weighted by Gasteiger charge is -2.12. The second-order valence-corrected chi connectivity index (χ2v) is 5.95. The number of ether oxygens (including phenoxy) is 2. The molecule has 0 unspecified atom stereocenters. The van der Waals surface area contributed by atoms with Gasteiger partial charge in [0.05, 0.1) is 42.2 Å². The van der Waals surface area contributed by atoms with Crippen LogP contribution in [0.2, 0.25) is 0 Å². The van der Waals surface area contributed by atoms with Gasteiger partial charge in [0.15, 0.2) is 0 Å². The van der Waals surface area contributed by atoms with Crippen molar-refractivity contribution in [2.45, 2.75) is 0 Å². The van der Waals surface area contributed by atoms with Crippen molar-refractivity contribution in [1.82, 2.24) is 15.0 Å². The number of methoxy groups -OCH3 is 2. The molecule has 158 valence electrons. The van der Waals surface area contributed by atoms with E-state index in [-0.39, 0.29) is 28.5 Å². The van der Waals surface area contributed by atoms with Crippen molar-refractivity contribution in [2.24, 2.45) is 0 Å². The maximum atomic E-state index is 12.0. The lowest BCUT2D eigenvalue weighted by Crippen LogP contribution is -2.09. The number of carbonyl (C=O) groups is 2. The van der Waals surface area contributed by atoms with Crippen molar-refractivity contribution in [2.75, 3.05) is 24.9 Å². The molecule has 0 saturated carbocycles. The first-order valence-corrected chi connectivity index (χ1v) is 8.68. The Labute approximate surface area is 175 Å². The topological polar surface area (TPSA) is 158 Å². The third-order valence-electron chi connectivity index (χ3n) is 3.97. The quantitative estimate of drug-likeness (QED) is 0.326. The van der Waals surface area contributed by atoms with E-state index in [0.717, 1.165) is 6.33 Å². The third-order valence-corrected chi connectivity index (χ3v) is 3.97. The molecule has 2 N–H and O–H groups in total. The number of carbonyl (C=O) groups excluding carboxylic acids is 2. The van der Waals surface area contributed by atoms with E-state index in [0.29, 0.717) is 5.69 Å². The smallest absolute Gasteiger partial charge is 0.353 e. The highest BCUT2D eigenvalue weighted by atomic mass is 16.6. The molecule has 3 rings (SSSR count). The highest BCUT2D eigenvalue weighted by molar-refractivity contribution is 5.97. The number of pyridine rings is 1. The summed E-state index contributed by atoms with van der Waals surface area (Å²) in [5.74, 6) is -1.65. The number of nitro groups is 1. The summed E-state index contributed by atoms with van der Waals surface area (Å²) in [5, 5.41) is 17.3. The Balaban J connectivity index is 2.04. The minimum atomic E-state index is -0.704. The number of esters is 2. The van der Waals surface area contributed by atoms with Gasteiger partial charge in [0.1, 0.15) is 6.33 Å². The van der Waals surface area contributed by atoms with Crippen LogP contribution in [0.15, 0.2) is 49.1 Å². The molecule has 0 aliphatic carbocycles. The van der Waals surface area contributed by atoms with Crippen LogP contribution >= 0.6 is 0 Å². The van der Waals surface area contributed by atoms with Crippen molar-refractivity contribution in [1.29, 1.82) is 0 Å². The van der Waals surface area contributed by atoms with Crippen LogP contribution in [0.25, 0.3) is 0 Å². The molecule has 0 fully saturated rings. The molecule has 3 aromatic rings. The van der Waals surface area contributed by atoms with Gasteiger partial charge in [-0.3, -0.25) is 15.1 Å². The third kappa shape index (κ3) is 4.87. The Morgan fingerprint density at radius 2 is 1.55 bits per heavy atom. The van der Waals surface area contributed by atoms with Crippen LogP contribution in [0.1, 0.15) is 20.7 Å². The average molecular weight is 424 g/mol. The fourth-order valence-electron chi connectivity index (χ4n) is 2.62. The second kappa shape index (κ2) is 9.26. The van der Waals surface area contributed by atoms with E-state index < -0.39 is 22.5 Å². The van der Waals surface area contributed by atoms with Gasteiger partial charge in [0, 0.05) is 11.9 Å². The maximum absolute atomic E-state index is 12.0. The first-order chi connectivity index (χ1) is 14.9. The average Bonchev–Trinajstić information content (AvgIpc) is 2.78. The van der Waals surface area contributed by atoms with E-state index in [1.54, 1.807) is 18.3 Å². The van der Waals surface area contributed by atoms with Crippen LogP contribution in [0.4, 0.5) is 28.7 Å². The number of hydrogen-bond donors (Lipinski definition) is 2. The lowest BCUT2D eigenvalue weighted by molar-refractivity contribution is -0.383. The van der Waals surface area contributed by atoms with E-state index >= 15 is 0 Å². The molecule has 0 amide bonds. The zero-order valence-corrected chi connectivity index (χ0v) is 16.4. The van der Waals surface area contributed by atoms with Crippen molar-refractivity contribution >= 4 is 40.6 Å². The van der Waals surface area contributed by atoms with Gasteiger partial charge in [-0.25, -0.2) is 19.6 Å². The molecule has 0 atom stereocenters. The molecule has 1 aromatic carbocycles. The van der Waals surface area contributed by atoms with E-state index in [9.17, 15) is 19.7 Å². The van der Waals surface area contributed by atoms with Gasteiger partial charge in [-0.15, -0.1) is 0 Å². The first kappa shape index (κ1) is 21.1. The van der Waals surface area contributed by atoms with Gasteiger partial charge in [-0.1, -0.05) is 0 Å². The van der Waals surface area contributed by atoms with Crippen LogP contribution < -0.4 is 10.6 Å². The highest BCUT2D eigenvalue weighted by Gasteiger charge is 2.24. The first-order valence-electron chi connectivity index (χ1n) is 8.68. The van der Waals surface area contributed by atoms with Crippen LogP contribution in [-0.4, -0.2) is 46.0 Å². The molecule has 12 heteroatoms. The van der Waals surface area contributed by atoms with E-state index in [1.165, 1.54) is 38.6 Å². The monoisotopic (exact) mass is 424 g/mol. The number of benzene rings is 1. The molecule has 2 aromatic heterocycles. The van der Waals surface area contributed by atoms with Crippen LogP contribution in [0, 0.1) is 10.1 Å². The van der Waals surface area contributed by atoms with Gasteiger partial charge < -0.3 is 20.1 Å². The second-order valence-electron chi connectivity index (χ2n) is 5.95. The molecule has 0 radical (unpaired) electrons. The summed E-state index contributed by atoms with van der Waals surface area (Å²) in [6, 6.07) is 7.32. The molecule has 0 aliphatic rings. The van der Waals surface area contributed by atoms with E-state index in [1.807, 2.05) is 0 Å². The van der Waals surface area contributed by atoms with Crippen LogP contribution in [0.5, 0.6) is 0 Å². The Morgan fingerprint density at radius 3 is 2.03 bits per heavy atom. The predicted octanol–water partition coefficient (Wildman–Crippen LogP) is 2.84. The molecule has 0 bridgehead atoms. The fraction of sp³-hybridized carbons (Fsp3) is 0.105. The molecule has 0 spiro atoms. The number of aromatic nitrogens is 3. The summed E-state index contributed by atoms with van der Waals surface area (Å²) in [6.45, 7) is 0. The van der Waals surface area contributed by atoms with Gasteiger partial charge >= 0.3 is 17.6 Å². The Kier molecular flexibility index (Phi) is 6.30. The van der Waals surface area contributed by atoms with Gasteiger partial charge in [0.2, 0.25) is 11.6 Å². The molecule has 31 heavy (non-hydrogen) atoms. The van der Waals surface area contributed by atoms with Crippen molar-refractivity contribution in [3.05, 3.63) is 70.3 Å². The van der Waals surface area contributed by atoms with Crippen LogP contribution in [0.3, 0.4) is 0 Å². The largest absolute Gasteiger partial charge is 0.465 e. The van der Waals surface area contributed by atoms with Crippen molar-refractivity contribution in [3.63, 3.8) is 0 Å². The zero-order valence-electron chi connectivity index (χ0n) is 16.4. The fourth-order valence-corrected chi connectivity index (χ4v) is 2.62. The van der Waals surface area contributed by atoms with Crippen LogP contribution in [-0.2, 0) is 9.47 Å². The normalized spacial score (nSPS) is 10.1. The van der Waals surface area contributed by atoms with E-state index in [2.05, 4.69) is 35.1 Å². The SMILES string of the molecule is COC(=O)c1cc(Nc2ncnc(Nc3cccnc3)c2[N+](=O)[O-])cc(C(=O)OC)c1. The van der Waals surface area contributed by atoms with Gasteiger partial charge in [-0.2, -0.15) is 0 Å². The molecular formula is C19H16N6O6. The molecule has 2 heterocycles. The van der Waals surface area contributed by atoms with E-state index in [4.69, 9.17) is 0 Å². The molecule has 0 saturated heterocycles. The summed E-state index contributed by atoms with van der Waals surface area (Å²) < 4.78 is 9.38. The maximum Gasteiger partial charge on any atom is 0.353 e. The Bertz CT molecular complexity index is 1100. The Hall–Kier alpha value is -4.61. The molecular weight excluding hydrogens is 408 g/mol. The van der Waals surface area contributed by atoms with Gasteiger partial charge in [0.25, 0.3) is 0 Å². The van der Waals surface area contributed by atoms with Crippen molar-refractivity contribution in [3.8, 4) is 0 Å². The summed E-state index contributed by atoms with van der Waals surface area (Å²) >= 11 is 0. The molecule has 12 nitrogen and oxygen atoms in total. The minimum absolute atomic E-state index is 0.0401. The van der Waals surface area contributed by atoms with Crippen molar-refractivity contribution < 1.29 is 24.0 Å². The summed E-state index contributed by atoms with van der Waals surface area (Å²) in [4.78, 5) is 46.8. The lowest BCUT2D eigenvalue weighted by atomic mass is 10.1. The number of nitrogens with one attached hydrogen (secondary N) is 2. The Morgan fingerprint density at radius 1 is 0.968 bits per heavy atom. The van der Waals surface area contributed by atoms with Gasteiger partial charge in [-0.05, 0) is 30.3 Å². The minimum Gasteiger partial charge on any atom is -0.465 e. The summed E-state index contributed by atoms with van der Waals surface area (Å²) in [7, 11) is 2.37. The summed E-state index contributed by atoms with van der Waals surface area (Å²) in [5.41, 5.74) is 0.291. The summed E-state index contributed by atoms with van der Waals surface area (Å²) in [6.07, 6.45) is 4.15. The molecule has 0 aliphatic heterocycles. The zero-order chi connectivity index (χ0) is 22.4. The number of anilines is 4. The standard InChI is InChI=1S/C19H16N6O6/c1-30-18(26)11-6-12(19(27)31-2)8-14(7-11)24-17-15(25(28)29)16(21-10-22-17)23-13-4-3-5-20-9-13/h3-10H,1-2H3,(H2,21,22,23,24). The number of nitrogens with zero attached hydrogens (tertiary/aromatic N) is 4. The number of hydrogen-bond acceptors (Lipinski definition) is 11. The highest BCUT2D eigenvalue weighted by Crippen LogP contribution is 2.33. The predicted molar refractivity (Wildman–Crippen MR) is 109 cm³/mol. The number of rotatable bonds is 7.